The van der Waals surface area contributed by atoms with Gasteiger partial charge in [0, 0.05) is 45.1 Å². The van der Waals surface area contributed by atoms with Gasteiger partial charge in [-0.05, 0) is 6.42 Å². The van der Waals surface area contributed by atoms with Crippen molar-refractivity contribution in [3.63, 3.8) is 0 Å². The predicted molar refractivity (Wildman–Crippen MR) is 80.8 cm³/mol. The standard InChI is InChI=1S/C13H20N8/c1-2-3-16-11-17-12(20-7-4-14-5-8-20)19-13(18-11)21-9-6-15-10-21/h6,9-10,14H,2-5,7-8H2,1H3,(H,16,17,18,19). The van der Waals surface area contributed by atoms with Gasteiger partial charge in [0.25, 0.3) is 0 Å². The van der Waals surface area contributed by atoms with Crippen LogP contribution in [0.3, 0.4) is 0 Å². The SMILES string of the molecule is CCCNc1nc(N2CCNCC2)nc(-n2ccnc2)n1. The minimum Gasteiger partial charge on any atom is -0.354 e. The minimum atomic E-state index is 0.592. The van der Waals surface area contributed by atoms with Crippen molar-refractivity contribution in [3.8, 4) is 5.95 Å². The second-order valence-electron chi connectivity index (χ2n) is 4.89. The third-order valence-corrected chi connectivity index (χ3v) is 3.28. The highest BCUT2D eigenvalue weighted by Crippen LogP contribution is 2.14. The Kier molecular flexibility index (Phi) is 4.25. The molecule has 0 radical (unpaired) electrons. The largest absolute Gasteiger partial charge is 0.354 e. The molecule has 112 valence electrons. The molecule has 3 heterocycles. The van der Waals surface area contributed by atoms with E-state index in [1.165, 1.54) is 0 Å². The van der Waals surface area contributed by atoms with Crippen LogP contribution in [0.4, 0.5) is 11.9 Å². The van der Waals surface area contributed by atoms with Crippen LogP contribution < -0.4 is 15.5 Å². The summed E-state index contributed by atoms with van der Waals surface area (Å²) in [5.74, 6) is 1.92. The molecule has 2 aromatic rings. The fourth-order valence-electron chi connectivity index (χ4n) is 2.17. The first-order chi connectivity index (χ1) is 10.4. The average molecular weight is 288 g/mol. The fourth-order valence-corrected chi connectivity index (χ4v) is 2.17. The Labute approximate surface area is 123 Å². The number of nitrogens with one attached hydrogen (secondary N) is 2. The van der Waals surface area contributed by atoms with E-state index in [2.05, 4.69) is 42.4 Å². The number of aromatic nitrogens is 5. The summed E-state index contributed by atoms with van der Waals surface area (Å²) in [4.78, 5) is 19.8. The Bertz CT molecular complexity index is 562. The average Bonchev–Trinajstić information content (AvgIpc) is 3.08. The lowest BCUT2D eigenvalue weighted by Crippen LogP contribution is -2.44. The molecule has 0 amide bonds. The highest BCUT2D eigenvalue weighted by molar-refractivity contribution is 5.40. The Hall–Kier alpha value is -2.22. The van der Waals surface area contributed by atoms with Gasteiger partial charge in [-0.25, -0.2) is 4.98 Å². The molecule has 0 unspecified atom stereocenters. The summed E-state index contributed by atoms with van der Waals surface area (Å²) < 4.78 is 1.80. The van der Waals surface area contributed by atoms with Crippen molar-refractivity contribution in [3.05, 3.63) is 18.7 Å². The van der Waals surface area contributed by atoms with Gasteiger partial charge in [0.05, 0.1) is 0 Å². The van der Waals surface area contributed by atoms with Crippen LogP contribution in [0, 0.1) is 0 Å². The summed E-state index contributed by atoms with van der Waals surface area (Å²) >= 11 is 0. The van der Waals surface area contributed by atoms with Gasteiger partial charge in [-0.1, -0.05) is 6.92 Å². The third-order valence-electron chi connectivity index (χ3n) is 3.28. The zero-order valence-corrected chi connectivity index (χ0v) is 12.2. The molecule has 1 fully saturated rings. The van der Waals surface area contributed by atoms with E-state index in [4.69, 9.17) is 0 Å². The molecule has 0 atom stereocenters. The van der Waals surface area contributed by atoms with Crippen LogP contribution in [0.5, 0.6) is 0 Å². The van der Waals surface area contributed by atoms with E-state index in [0.717, 1.165) is 39.1 Å². The van der Waals surface area contributed by atoms with Gasteiger partial charge >= 0.3 is 0 Å². The molecule has 1 saturated heterocycles. The van der Waals surface area contributed by atoms with Crippen molar-refractivity contribution >= 4 is 11.9 Å². The lowest BCUT2D eigenvalue weighted by Gasteiger charge is -2.27. The Balaban J connectivity index is 1.92. The van der Waals surface area contributed by atoms with Crippen molar-refractivity contribution in [2.24, 2.45) is 0 Å². The lowest BCUT2D eigenvalue weighted by atomic mass is 10.4. The van der Waals surface area contributed by atoms with Crippen LogP contribution in [0.1, 0.15) is 13.3 Å². The van der Waals surface area contributed by atoms with Crippen LogP contribution >= 0.6 is 0 Å². The van der Waals surface area contributed by atoms with E-state index in [0.29, 0.717) is 17.8 Å². The first-order valence-electron chi connectivity index (χ1n) is 7.31. The molecule has 0 bridgehead atoms. The van der Waals surface area contributed by atoms with Crippen molar-refractivity contribution in [1.82, 2.24) is 29.8 Å². The molecule has 2 aromatic heterocycles. The maximum atomic E-state index is 4.57. The molecule has 0 aromatic carbocycles. The summed E-state index contributed by atoms with van der Waals surface area (Å²) in [6.45, 7) is 6.66. The second kappa shape index (κ2) is 6.49. The molecule has 1 aliphatic rings. The van der Waals surface area contributed by atoms with E-state index >= 15 is 0 Å². The fraction of sp³-hybridized carbons (Fsp3) is 0.538. The van der Waals surface area contributed by atoms with E-state index in [-0.39, 0.29) is 0 Å². The van der Waals surface area contributed by atoms with Crippen LogP contribution in [0.15, 0.2) is 18.7 Å². The summed E-state index contributed by atoms with van der Waals surface area (Å²) in [5, 5.41) is 6.57. The Morgan fingerprint density at radius 2 is 2.00 bits per heavy atom. The molecule has 1 aliphatic heterocycles. The molecule has 0 saturated carbocycles. The van der Waals surface area contributed by atoms with Crippen molar-refractivity contribution in [1.29, 1.82) is 0 Å². The number of imidazole rings is 1. The van der Waals surface area contributed by atoms with Crippen molar-refractivity contribution in [2.75, 3.05) is 42.9 Å². The van der Waals surface area contributed by atoms with Gasteiger partial charge in [0.2, 0.25) is 17.8 Å². The Morgan fingerprint density at radius 3 is 2.71 bits per heavy atom. The van der Waals surface area contributed by atoms with Gasteiger partial charge in [-0.2, -0.15) is 15.0 Å². The van der Waals surface area contributed by atoms with E-state index in [1.54, 1.807) is 17.1 Å². The van der Waals surface area contributed by atoms with E-state index in [1.807, 2.05) is 6.20 Å². The summed E-state index contributed by atoms with van der Waals surface area (Å²) in [6, 6.07) is 0. The molecule has 2 N–H and O–H groups in total. The van der Waals surface area contributed by atoms with Crippen molar-refractivity contribution < 1.29 is 0 Å². The predicted octanol–water partition coefficient (Wildman–Crippen LogP) is 0.289. The zero-order chi connectivity index (χ0) is 14.5. The van der Waals surface area contributed by atoms with Gasteiger partial charge in [0.15, 0.2) is 0 Å². The van der Waals surface area contributed by atoms with Crippen molar-refractivity contribution in [2.45, 2.75) is 13.3 Å². The van der Waals surface area contributed by atoms with E-state index in [9.17, 15) is 0 Å². The summed E-state index contributed by atoms with van der Waals surface area (Å²) in [6.07, 6.45) is 6.27. The smallest absolute Gasteiger partial charge is 0.241 e. The molecule has 0 spiro atoms. The highest BCUT2D eigenvalue weighted by Gasteiger charge is 2.16. The molecule has 21 heavy (non-hydrogen) atoms. The number of piperazine rings is 1. The van der Waals surface area contributed by atoms with Gasteiger partial charge < -0.3 is 15.5 Å². The monoisotopic (exact) mass is 288 g/mol. The Morgan fingerprint density at radius 1 is 1.19 bits per heavy atom. The maximum absolute atomic E-state index is 4.57. The molecular formula is C13H20N8. The lowest BCUT2D eigenvalue weighted by molar-refractivity contribution is 0.578. The van der Waals surface area contributed by atoms with Gasteiger partial charge in [-0.3, -0.25) is 4.57 Å². The number of hydrogen-bond acceptors (Lipinski definition) is 7. The van der Waals surface area contributed by atoms with Crippen LogP contribution in [0.25, 0.3) is 5.95 Å². The number of rotatable bonds is 5. The van der Waals surface area contributed by atoms with Crippen LogP contribution in [-0.2, 0) is 0 Å². The molecule has 3 rings (SSSR count). The quantitative estimate of drug-likeness (QED) is 0.818. The number of nitrogens with zero attached hydrogens (tertiary/aromatic N) is 6. The molecule has 8 heteroatoms. The van der Waals surface area contributed by atoms with Gasteiger partial charge in [-0.15, -0.1) is 0 Å². The number of hydrogen-bond donors (Lipinski definition) is 2. The zero-order valence-electron chi connectivity index (χ0n) is 12.2. The van der Waals surface area contributed by atoms with Crippen LogP contribution in [0.2, 0.25) is 0 Å². The molecular weight excluding hydrogens is 268 g/mol. The third kappa shape index (κ3) is 3.27. The first-order valence-corrected chi connectivity index (χ1v) is 7.31. The first kappa shape index (κ1) is 13.7. The molecule has 8 nitrogen and oxygen atoms in total. The topological polar surface area (TPSA) is 83.8 Å². The van der Waals surface area contributed by atoms with E-state index < -0.39 is 0 Å². The highest BCUT2D eigenvalue weighted by atomic mass is 15.3. The number of anilines is 2. The summed E-state index contributed by atoms with van der Waals surface area (Å²) in [5.41, 5.74) is 0. The summed E-state index contributed by atoms with van der Waals surface area (Å²) in [7, 11) is 0. The molecule has 0 aliphatic carbocycles. The minimum absolute atomic E-state index is 0.592. The maximum Gasteiger partial charge on any atom is 0.241 e. The normalized spacial score (nSPS) is 15.2. The second-order valence-corrected chi connectivity index (χ2v) is 4.89. The van der Waals surface area contributed by atoms with Crippen LogP contribution in [-0.4, -0.2) is 57.2 Å². The van der Waals surface area contributed by atoms with Gasteiger partial charge in [0.1, 0.15) is 6.33 Å².